The number of nitrogens with zero attached hydrogens (tertiary/aromatic N) is 2. The summed E-state index contributed by atoms with van der Waals surface area (Å²) in [6.45, 7) is 5.16. The number of benzene rings is 1. The van der Waals surface area contributed by atoms with E-state index < -0.39 is 17.6 Å². The molecular formula is C19H19ClN4O4. The third-order valence-electron chi connectivity index (χ3n) is 3.46. The van der Waals surface area contributed by atoms with E-state index >= 15 is 0 Å². The highest BCUT2D eigenvalue weighted by atomic mass is 35.5. The van der Waals surface area contributed by atoms with Crippen LogP contribution in [-0.4, -0.2) is 27.4 Å². The standard InChI is InChI=1S/C19H19ClN4O4/c1-19(2,3)28-18(26)22-21-17(25)14-11-15(16-5-4-10-27-16)24(23-14)13-8-6-12(20)7-9-13/h4-11H,1-3H3,(H,21,25)(H,22,26). The normalized spacial score (nSPS) is 11.1. The number of rotatable bonds is 3. The molecule has 28 heavy (non-hydrogen) atoms. The van der Waals surface area contributed by atoms with Gasteiger partial charge in [-0.05, 0) is 57.2 Å². The summed E-state index contributed by atoms with van der Waals surface area (Å²) >= 11 is 5.95. The van der Waals surface area contributed by atoms with Crippen molar-refractivity contribution in [2.75, 3.05) is 0 Å². The Labute approximate surface area is 166 Å². The number of ether oxygens (including phenoxy) is 1. The van der Waals surface area contributed by atoms with Crippen LogP contribution in [0.2, 0.25) is 5.02 Å². The van der Waals surface area contributed by atoms with Crippen molar-refractivity contribution in [3.63, 3.8) is 0 Å². The van der Waals surface area contributed by atoms with Crippen LogP contribution in [0.1, 0.15) is 31.3 Å². The Bertz CT molecular complexity index is 973. The second kappa shape index (κ2) is 7.77. The molecule has 0 fully saturated rings. The number of carbonyl (C=O) groups excluding carboxylic acids is 2. The first-order chi connectivity index (χ1) is 13.2. The van der Waals surface area contributed by atoms with Crippen LogP contribution >= 0.6 is 11.6 Å². The van der Waals surface area contributed by atoms with Crippen molar-refractivity contribution in [2.45, 2.75) is 26.4 Å². The first-order valence-corrected chi connectivity index (χ1v) is 8.80. The molecule has 0 spiro atoms. The van der Waals surface area contributed by atoms with E-state index in [4.69, 9.17) is 20.8 Å². The highest BCUT2D eigenvalue weighted by Crippen LogP contribution is 2.25. The van der Waals surface area contributed by atoms with Gasteiger partial charge in [0.2, 0.25) is 0 Å². The van der Waals surface area contributed by atoms with Gasteiger partial charge in [-0.3, -0.25) is 10.2 Å². The van der Waals surface area contributed by atoms with Crippen molar-refractivity contribution in [2.24, 2.45) is 0 Å². The summed E-state index contributed by atoms with van der Waals surface area (Å²) in [5.74, 6) is -0.0759. The first kappa shape index (κ1) is 19.5. The van der Waals surface area contributed by atoms with Gasteiger partial charge in [0, 0.05) is 11.1 Å². The van der Waals surface area contributed by atoms with Gasteiger partial charge in [0.05, 0.1) is 12.0 Å². The lowest BCUT2D eigenvalue weighted by molar-refractivity contribution is 0.0483. The van der Waals surface area contributed by atoms with Crippen LogP contribution in [0.4, 0.5) is 4.79 Å². The molecule has 0 unspecified atom stereocenters. The number of aromatic nitrogens is 2. The number of furan rings is 1. The van der Waals surface area contributed by atoms with Crippen molar-refractivity contribution in [1.29, 1.82) is 0 Å². The van der Waals surface area contributed by atoms with Gasteiger partial charge < -0.3 is 9.15 Å². The molecule has 3 rings (SSSR count). The Morgan fingerprint density at radius 3 is 2.46 bits per heavy atom. The number of hydrogen-bond acceptors (Lipinski definition) is 5. The van der Waals surface area contributed by atoms with Crippen LogP contribution in [0.3, 0.4) is 0 Å². The monoisotopic (exact) mass is 402 g/mol. The Balaban J connectivity index is 1.84. The molecule has 2 N–H and O–H groups in total. The van der Waals surface area contributed by atoms with E-state index in [1.54, 1.807) is 67.9 Å². The van der Waals surface area contributed by atoms with Gasteiger partial charge in [-0.2, -0.15) is 5.10 Å². The molecule has 0 aliphatic rings. The predicted molar refractivity (Wildman–Crippen MR) is 103 cm³/mol. The molecule has 2 amide bonds. The Kier molecular flexibility index (Phi) is 5.41. The van der Waals surface area contributed by atoms with Crippen molar-refractivity contribution in [3.8, 4) is 17.1 Å². The Morgan fingerprint density at radius 1 is 1.14 bits per heavy atom. The fourth-order valence-corrected chi connectivity index (χ4v) is 2.47. The fourth-order valence-electron chi connectivity index (χ4n) is 2.35. The molecule has 1 aromatic carbocycles. The molecule has 8 nitrogen and oxygen atoms in total. The highest BCUT2D eigenvalue weighted by Gasteiger charge is 2.20. The smallest absolute Gasteiger partial charge is 0.426 e. The van der Waals surface area contributed by atoms with E-state index in [-0.39, 0.29) is 5.69 Å². The van der Waals surface area contributed by atoms with Crippen molar-refractivity contribution in [1.82, 2.24) is 20.6 Å². The zero-order valence-corrected chi connectivity index (χ0v) is 16.3. The van der Waals surface area contributed by atoms with Crippen LogP contribution in [0, 0.1) is 0 Å². The molecule has 0 saturated heterocycles. The fraction of sp³-hybridized carbons (Fsp3) is 0.211. The average Bonchev–Trinajstić information content (AvgIpc) is 3.28. The van der Waals surface area contributed by atoms with Gasteiger partial charge in [-0.1, -0.05) is 11.6 Å². The highest BCUT2D eigenvalue weighted by molar-refractivity contribution is 6.30. The second-order valence-electron chi connectivity index (χ2n) is 6.86. The summed E-state index contributed by atoms with van der Waals surface area (Å²) < 4.78 is 12.1. The Morgan fingerprint density at radius 2 is 1.86 bits per heavy atom. The molecule has 0 aliphatic carbocycles. The SMILES string of the molecule is CC(C)(C)OC(=O)NNC(=O)c1cc(-c2ccco2)n(-c2ccc(Cl)cc2)n1. The van der Waals surface area contributed by atoms with Crippen molar-refractivity contribution in [3.05, 3.63) is 59.4 Å². The third-order valence-corrected chi connectivity index (χ3v) is 3.72. The first-order valence-electron chi connectivity index (χ1n) is 8.42. The molecule has 0 aliphatic heterocycles. The van der Waals surface area contributed by atoms with Gasteiger partial charge in [-0.15, -0.1) is 0 Å². The summed E-state index contributed by atoms with van der Waals surface area (Å²) in [7, 11) is 0. The number of nitrogens with one attached hydrogen (secondary N) is 2. The van der Waals surface area contributed by atoms with Crippen LogP contribution in [0.5, 0.6) is 0 Å². The molecule has 0 atom stereocenters. The number of halogens is 1. The molecule has 9 heteroatoms. The van der Waals surface area contributed by atoms with Gasteiger partial charge >= 0.3 is 6.09 Å². The van der Waals surface area contributed by atoms with Crippen LogP contribution in [-0.2, 0) is 4.74 Å². The van der Waals surface area contributed by atoms with E-state index in [0.717, 1.165) is 0 Å². The Hall–Kier alpha value is -3.26. The number of hydrazine groups is 1. The van der Waals surface area contributed by atoms with Crippen LogP contribution in [0.25, 0.3) is 17.1 Å². The number of hydrogen-bond donors (Lipinski definition) is 2. The maximum absolute atomic E-state index is 12.4. The van der Waals surface area contributed by atoms with E-state index in [2.05, 4.69) is 16.0 Å². The second-order valence-corrected chi connectivity index (χ2v) is 7.30. The van der Waals surface area contributed by atoms with E-state index in [9.17, 15) is 9.59 Å². The minimum Gasteiger partial charge on any atom is -0.463 e. The van der Waals surface area contributed by atoms with Gasteiger partial charge in [0.1, 0.15) is 11.3 Å². The minimum atomic E-state index is -0.774. The topological polar surface area (TPSA) is 98.4 Å². The quantitative estimate of drug-likeness (QED) is 0.646. The maximum Gasteiger partial charge on any atom is 0.426 e. The lowest BCUT2D eigenvalue weighted by atomic mass is 10.2. The van der Waals surface area contributed by atoms with Crippen LogP contribution in [0.15, 0.2) is 53.1 Å². The number of carbonyl (C=O) groups is 2. The maximum atomic E-state index is 12.4. The zero-order chi connectivity index (χ0) is 20.3. The largest absolute Gasteiger partial charge is 0.463 e. The molecule has 2 heterocycles. The molecule has 0 radical (unpaired) electrons. The predicted octanol–water partition coefficient (Wildman–Crippen LogP) is 3.96. The van der Waals surface area contributed by atoms with E-state index in [0.29, 0.717) is 22.2 Å². The average molecular weight is 403 g/mol. The molecule has 0 saturated carbocycles. The number of amides is 2. The van der Waals surface area contributed by atoms with Gasteiger partial charge in [-0.25, -0.2) is 14.9 Å². The summed E-state index contributed by atoms with van der Waals surface area (Å²) in [6.07, 6.45) is 0.752. The summed E-state index contributed by atoms with van der Waals surface area (Å²) in [4.78, 5) is 24.1. The van der Waals surface area contributed by atoms with E-state index in [1.807, 2.05) is 0 Å². The lowest BCUT2D eigenvalue weighted by Crippen LogP contribution is -2.44. The minimum absolute atomic E-state index is 0.0809. The molecule has 0 bridgehead atoms. The third kappa shape index (κ3) is 4.72. The van der Waals surface area contributed by atoms with Gasteiger partial charge in [0.25, 0.3) is 5.91 Å². The molecular weight excluding hydrogens is 384 g/mol. The molecule has 3 aromatic rings. The summed E-state index contributed by atoms with van der Waals surface area (Å²) in [5, 5.41) is 4.91. The lowest BCUT2D eigenvalue weighted by Gasteiger charge is -2.19. The summed E-state index contributed by atoms with van der Waals surface area (Å²) in [6, 6.07) is 12.0. The zero-order valence-electron chi connectivity index (χ0n) is 15.5. The molecule has 146 valence electrons. The van der Waals surface area contributed by atoms with Gasteiger partial charge in [0.15, 0.2) is 11.5 Å². The van der Waals surface area contributed by atoms with Crippen molar-refractivity contribution < 1.29 is 18.7 Å². The van der Waals surface area contributed by atoms with E-state index in [1.165, 1.54) is 6.26 Å². The molecule has 2 aromatic heterocycles. The van der Waals surface area contributed by atoms with Crippen molar-refractivity contribution >= 4 is 23.6 Å². The van der Waals surface area contributed by atoms with Crippen LogP contribution < -0.4 is 10.9 Å². The summed E-state index contributed by atoms with van der Waals surface area (Å²) in [5.41, 5.74) is 5.13.